The molecular weight excluding hydrogens is 410 g/mol. The summed E-state index contributed by atoms with van der Waals surface area (Å²) < 4.78 is 8.34. The first-order chi connectivity index (χ1) is 11.6. The third-order valence-electron chi connectivity index (χ3n) is 4.88. The van der Waals surface area contributed by atoms with E-state index in [0.29, 0.717) is 16.3 Å². The van der Waals surface area contributed by atoms with Gasteiger partial charge < -0.3 is 19.2 Å². The van der Waals surface area contributed by atoms with E-state index in [1.165, 1.54) is 0 Å². The monoisotopic (exact) mass is 429 g/mol. The minimum Gasteiger partial charge on any atom is -0.444 e. The summed E-state index contributed by atoms with van der Waals surface area (Å²) >= 11 is 3.29. The van der Waals surface area contributed by atoms with Crippen molar-refractivity contribution in [3.8, 4) is 0 Å². The van der Waals surface area contributed by atoms with Gasteiger partial charge in [0, 0.05) is 37.7 Å². The van der Waals surface area contributed by atoms with Gasteiger partial charge in [-0.3, -0.25) is 4.79 Å². The van der Waals surface area contributed by atoms with Crippen molar-refractivity contribution >= 4 is 34.2 Å². The number of halogens is 2. The lowest BCUT2D eigenvalue weighted by Gasteiger charge is -2.31. The number of fused-ring (bicyclic) bond motifs is 1. The fourth-order valence-electron chi connectivity index (χ4n) is 3.56. The molecule has 1 amide bonds. The SMILES string of the molecule is Cc1cc(Br)oc1C(=O)N1CCC(c2nnc3n2CCNC3)CC1.Cl. The van der Waals surface area contributed by atoms with Crippen LogP contribution in [0.1, 0.15) is 46.5 Å². The first-order valence-electron chi connectivity index (χ1n) is 8.31. The number of amides is 1. The first kappa shape index (κ1) is 18.4. The van der Waals surface area contributed by atoms with Gasteiger partial charge in [0.2, 0.25) is 0 Å². The van der Waals surface area contributed by atoms with Crippen LogP contribution < -0.4 is 5.32 Å². The molecule has 2 aliphatic rings. The number of hydrogen-bond acceptors (Lipinski definition) is 5. The highest BCUT2D eigenvalue weighted by atomic mass is 79.9. The number of aromatic nitrogens is 3. The van der Waals surface area contributed by atoms with Gasteiger partial charge in [0.1, 0.15) is 11.6 Å². The van der Waals surface area contributed by atoms with E-state index >= 15 is 0 Å². The molecule has 1 fully saturated rings. The number of nitrogens with zero attached hydrogens (tertiary/aromatic N) is 4. The maximum absolute atomic E-state index is 12.6. The number of rotatable bonds is 2. The molecule has 0 radical (unpaired) electrons. The van der Waals surface area contributed by atoms with Crippen LogP contribution in [0.2, 0.25) is 0 Å². The largest absolute Gasteiger partial charge is 0.444 e. The smallest absolute Gasteiger partial charge is 0.289 e. The summed E-state index contributed by atoms with van der Waals surface area (Å²) in [7, 11) is 0. The third-order valence-corrected chi connectivity index (χ3v) is 5.27. The zero-order chi connectivity index (χ0) is 16.7. The lowest BCUT2D eigenvalue weighted by molar-refractivity contribution is 0.0675. The van der Waals surface area contributed by atoms with Crippen molar-refractivity contribution in [2.75, 3.05) is 19.6 Å². The number of furan rings is 1. The Morgan fingerprint density at radius 3 is 2.76 bits per heavy atom. The lowest BCUT2D eigenvalue weighted by atomic mass is 9.95. The molecular formula is C16H21BrClN5O2. The van der Waals surface area contributed by atoms with E-state index in [2.05, 4.69) is 36.0 Å². The second-order valence-corrected chi connectivity index (χ2v) is 7.21. The fraction of sp³-hybridized carbons (Fsp3) is 0.562. The Morgan fingerprint density at radius 2 is 2.08 bits per heavy atom. The molecule has 4 rings (SSSR count). The van der Waals surface area contributed by atoms with Crippen LogP contribution in [-0.2, 0) is 13.1 Å². The average Bonchev–Trinajstić information content (AvgIpc) is 3.17. The van der Waals surface area contributed by atoms with E-state index in [9.17, 15) is 4.79 Å². The standard InChI is InChI=1S/C16H20BrN5O2.ClH/c1-10-8-12(17)24-14(10)16(23)21-5-2-11(3-6-21)15-20-19-13-9-18-4-7-22(13)15;/h8,11,18H,2-7,9H2,1H3;1H. The summed E-state index contributed by atoms with van der Waals surface area (Å²) in [5.41, 5.74) is 0.869. The van der Waals surface area contributed by atoms with Crippen molar-refractivity contribution in [1.82, 2.24) is 25.0 Å². The highest BCUT2D eigenvalue weighted by Gasteiger charge is 2.30. The van der Waals surface area contributed by atoms with Gasteiger partial charge in [0.15, 0.2) is 10.4 Å². The van der Waals surface area contributed by atoms with E-state index < -0.39 is 0 Å². The molecule has 0 aromatic carbocycles. The van der Waals surface area contributed by atoms with E-state index in [-0.39, 0.29) is 18.3 Å². The molecule has 9 heteroatoms. The van der Waals surface area contributed by atoms with Gasteiger partial charge >= 0.3 is 0 Å². The lowest BCUT2D eigenvalue weighted by Crippen LogP contribution is -2.39. The van der Waals surface area contributed by atoms with Crippen LogP contribution in [0.4, 0.5) is 0 Å². The van der Waals surface area contributed by atoms with Crippen molar-refractivity contribution in [3.05, 3.63) is 33.7 Å². The fourth-order valence-corrected chi connectivity index (χ4v) is 4.06. The highest BCUT2D eigenvalue weighted by Crippen LogP contribution is 2.29. The summed E-state index contributed by atoms with van der Waals surface area (Å²) in [5, 5.41) is 12.0. The summed E-state index contributed by atoms with van der Waals surface area (Å²) in [4.78, 5) is 14.5. The Labute approximate surface area is 160 Å². The maximum Gasteiger partial charge on any atom is 0.289 e. The summed E-state index contributed by atoms with van der Waals surface area (Å²) in [6.07, 6.45) is 1.83. The number of piperidine rings is 1. The molecule has 2 aliphatic heterocycles. The second-order valence-electron chi connectivity index (χ2n) is 6.43. The Kier molecular flexibility index (Phi) is 5.50. The van der Waals surface area contributed by atoms with Crippen LogP contribution in [-0.4, -0.2) is 45.2 Å². The predicted molar refractivity (Wildman–Crippen MR) is 98.0 cm³/mol. The molecule has 0 saturated carbocycles. The van der Waals surface area contributed by atoms with Crippen molar-refractivity contribution in [1.29, 1.82) is 0 Å². The molecule has 0 unspecified atom stereocenters. The van der Waals surface area contributed by atoms with E-state index in [1.807, 2.05) is 17.9 Å². The van der Waals surface area contributed by atoms with Crippen LogP contribution >= 0.6 is 28.3 Å². The minimum absolute atomic E-state index is 0. The van der Waals surface area contributed by atoms with Gasteiger partial charge in [-0.05, 0) is 41.8 Å². The van der Waals surface area contributed by atoms with E-state index in [1.54, 1.807) is 0 Å². The Hall–Kier alpha value is -1.38. The molecule has 0 bridgehead atoms. The van der Waals surface area contributed by atoms with Crippen LogP contribution in [0.3, 0.4) is 0 Å². The number of carbonyl (C=O) groups excluding carboxylic acids is 1. The third kappa shape index (κ3) is 3.47. The van der Waals surface area contributed by atoms with Crippen LogP contribution in [0.15, 0.2) is 15.2 Å². The molecule has 1 N–H and O–H groups in total. The Bertz CT molecular complexity index is 767. The average molecular weight is 431 g/mol. The van der Waals surface area contributed by atoms with Gasteiger partial charge in [-0.1, -0.05) is 0 Å². The van der Waals surface area contributed by atoms with Gasteiger partial charge in [-0.2, -0.15) is 0 Å². The van der Waals surface area contributed by atoms with E-state index in [4.69, 9.17) is 4.42 Å². The number of aryl methyl sites for hydroxylation is 1. The highest BCUT2D eigenvalue weighted by molar-refractivity contribution is 9.10. The van der Waals surface area contributed by atoms with Crippen molar-refractivity contribution < 1.29 is 9.21 Å². The summed E-state index contributed by atoms with van der Waals surface area (Å²) in [6, 6.07) is 1.83. The molecule has 0 spiro atoms. The van der Waals surface area contributed by atoms with E-state index in [0.717, 1.165) is 62.8 Å². The molecule has 136 valence electrons. The van der Waals surface area contributed by atoms with Crippen LogP contribution in [0.25, 0.3) is 0 Å². The minimum atomic E-state index is -0.0240. The van der Waals surface area contributed by atoms with Gasteiger partial charge in [-0.15, -0.1) is 22.6 Å². The van der Waals surface area contributed by atoms with Crippen molar-refractivity contribution in [2.24, 2.45) is 0 Å². The zero-order valence-electron chi connectivity index (χ0n) is 14.0. The number of nitrogens with one attached hydrogen (secondary N) is 1. The zero-order valence-corrected chi connectivity index (χ0v) is 16.4. The quantitative estimate of drug-likeness (QED) is 0.792. The molecule has 7 nitrogen and oxygen atoms in total. The first-order valence-corrected chi connectivity index (χ1v) is 9.10. The molecule has 1 saturated heterocycles. The Balaban J connectivity index is 0.00000182. The van der Waals surface area contributed by atoms with Gasteiger partial charge in [0.25, 0.3) is 5.91 Å². The molecule has 0 atom stereocenters. The van der Waals surface area contributed by atoms with Gasteiger partial charge in [0.05, 0.1) is 6.54 Å². The second kappa shape index (κ2) is 7.47. The number of carbonyl (C=O) groups is 1. The number of hydrogen-bond donors (Lipinski definition) is 1. The molecule has 0 aliphatic carbocycles. The maximum atomic E-state index is 12.6. The van der Waals surface area contributed by atoms with Gasteiger partial charge in [-0.25, -0.2) is 0 Å². The van der Waals surface area contributed by atoms with Crippen LogP contribution in [0.5, 0.6) is 0 Å². The van der Waals surface area contributed by atoms with Crippen LogP contribution in [0, 0.1) is 6.92 Å². The summed E-state index contributed by atoms with van der Waals surface area (Å²) in [6.45, 7) is 6.02. The predicted octanol–water partition coefficient (Wildman–Crippen LogP) is 2.49. The topological polar surface area (TPSA) is 76.2 Å². The molecule has 2 aromatic heterocycles. The molecule has 25 heavy (non-hydrogen) atoms. The summed E-state index contributed by atoms with van der Waals surface area (Å²) in [5.74, 6) is 2.88. The van der Waals surface area contributed by atoms with Crippen molar-refractivity contribution in [2.45, 2.75) is 38.8 Å². The Morgan fingerprint density at radius 1 is 1.32 bits per heavy atom. The van der Waals surface area contributed by atoms with Crippen molar-refractivity contribution in [3.63, 3.8) is 0 Å². The molecule has 2 aromatic rings. The normalized spacial score (nSPS) is 17.9. The molecule has 4 heterocycles. The number of likely N-dealkylation sites (tertiary alicyclic amines) is 1.